The molecule has 9 nitrogen and oxygen atoms in total. The minimum Gasteiger partial charge on any atom is -0.355 e. The molecule has 198 valence electrons. The number of amides is 3. The van der Waals surface area contributed by atoms with Crippen molar-refractivity contribution in [3.8, 4) is 0 Å². The molecule has 0 aliphatic heterocycles. The summed E-state index contributed by atoms with van der Waals surface area (Å²) in [6, 6.07) is 11.5. The molecule has 38 heavy (non-hydrogen) atoms. The Morgan fingerprint density at radius 1 is 1.16 bits per heavy atom. The summed E-state index contributed by atoms with van der Waals surface area (Å²) in [7, 11) is 2.89. The Balaban J connectivity index is 1.84. The second-order valence-corrected chi connectivity index (χ2v) is 9.41. The SMILES string of the molecule is CNC(=O)c1c(N(C=O)c2cccc(CC(=O)NC3CC3)c2)c(C)c(=O)n(C)c1Nc1ccc(C)cc1F. The molecule has 3 aromatic rings. The van der Waals surface area contributed by atoms with E-state index in [1.165, 1.54) is 42.6 Å². The molecule has 1 heterocycles. The van der Waals surface area contributed by atoms with Crippen LogP contribution < -0.4 is 26.4 Å². The average Bonchev–Trinajstić information content (AvgIpc) is 3.70. The molecule has 0 spiro atoms. The van der Waals surface area contributed by atoms with Gasteiger partial charge in [-0.05, 0) is 62.1 Å². The second-order valence-electron chi connectivity index (χ2n) is 9.41. The largest absolute Gasteiger partial charge is 0.355 e. The first-order chi connectivity index (χ1) is 18.1. The topological polar surface area (TPSA) is 113 Å². The van der Waals surface area contributed by atoms with Crippen molar-refractivity contribution in [2.45, 2.75) is 39.2 Å². The van der Waals surface area contributed by atoms with Crippen LogP contribution in [0.4, 0.5) is 27.3 Å². The van der Waals surface area contributed by atoms with Gasteiger partial charge in [0.2, 0.25) is 12.3 Å². The molecule has 1 saturated carbocycles. The smallest absolute Gasteiger partial charge is 0.256 e. The molecule has 3 amide bonds. The zero-order valence-corrected chi connectivity index (χ0v) is 21.7. The van der Waals surface area contributed by atoms with E-state index >= 15 is 0 Å². The zero-order valence-electron chi connectivity index (χ0n) is 21.7. The molecule has 1 aliphatic carbocycles. The first-order valence-electron chi connectivity index (χ1n) is 12.3. The second kappa shape index (κ2) is 10.9. The summed E-state index contributed by atoms with van der Waals surface area (Å²) in [6.45, 7) is 3.26. The quantitative estimate of drug-likeness (QED) is 0.376. The third kappa shape index (κ3) is 5.44. The van der Waals surface area contributed by atoms with Crippen LogP contribution in [0.25, 0.3) is 0 Å². The summed E-state index contributed by atoms with van der Waals surface area (Å²) >= 11 is 0. The number of aryl methyl sites for hydroxylation is 1. The summed E-state index contributed by atoms with van der Waals surface area (Å²) in [5.74, 6) is -1.25. The highest BCUT2D eigenvalue weighted by Gasteiger charge is 2.28. The van der Waals surface area contributed by atoms with Crippen molar-refractivity contribution in [2.75, 3.05) is 17.3 Å². The van der Waals surface area contributed by atoms with Crippen LogP contribution in [0.3, 0.4) is 0 Å². The number of hydrogen-bond donors (Lipinski definition) is 3. The maximum absolute atomic E-state index is 14.7. The standard InChI is InChI=1S/C28H30FN5O4/c1-16-8-11-22(21(29)12-16)32-26-24(27(37)30-3)25(17(2)28(38)33(26)4)34(15-35)20-7-5-6-18(13-20)14-23(36)31-19-9-10-19/h5-8,11-13,15,19,32H,9-10,14H2,1-4H3,(H,30,37)(H,31,36). The predicted octanol–water partition coefficient (Wildman–Crippen LogP) is 3.36. The molecular formula is C28H30FN5O4. The molecule has 0 atom stereocenters. The van der Waals surface area contributed by atoms with Gasteiger partial charge in [0.05, 0.1) is 17.8 Å². The van der Waals surface area contributed by atoms with Crippen LogP contribution in [0, 0.1) is 19.7 Å². The molecule has 1 aromatic heterocycles. The minimum atomic E-state index is -0.583. The number of aromatic nitrogens is 1. The number of rotatable bonds is 9. The van der Waals surface area contributed by atoms with E-state index in [1.807, 2.05) is 0 Å². The van der Waals surface area contributed by atoms with Gasteiger partial charge in [-0.3, -0.25) is 28.6 Å². The number of carbonyl (C=O) groups excluding carboxylic acids is 3. The molecule has 1 aliphatic rings. The molecule has 0 saturated heterocycles. The highest BCUT2D eigenvalue weighted by molar-refractivity contribution is 6.08. The van der Waals surface area contributed by atoms with Crippen LogP contribution in [0.2, 0.25) is 0 Å². The number of anilines is 4. The van der Waals surface area contributed by atoms with Gasteiger partial charge in [0.25, 0.3) is 11.5 Å². The van der Waals surface area contributed by atoms with Crippen LogP contribution in [0.5, 0.6) is 0 Å². The third-order valence-electron chi connectivity index (χ3n) is 6.46. The van der Waals surface area contributed by atoms with Crippen LogP contribution in [-0.4, -0.2) is 35.9 Å². The van der Waals surface area contributed by atoms with Crippen LogP contribution in [0.15, 0.2) is 47.3 Å². The lowest BCUT2D eigenvalue weighted by molar-refractivity contribution is -0.120. The van der Waals surface area contributed by atoms with Gasteiger partial charge in [0.1, 0.15) is 17.2 Å². The summed E-state index contributed by atoms with van der Waals surface area (Å²) in [5.41, 5.74) is 1.50. The Morgan fingerprint density at radius 2 is 1.89 bits per heavy atom. The van der Waals surface area contributed by atoms with Crippen LogP contribution >= 0.6 is 0 Å². The number of hydrogen-bond acceptors (Lipinski definition) is 5. The number of halogens is 1. The summed E-state index contributed by atoms with van der Waals surface area (Å²) in [6.07, 6.45) is 2.57. The van der Waals surface area contributed by atoms with E-state index in [0.29, 0.717) is 23.2 Å². The first kappa shape index (κ1) is 26.6. The van der Waals surface area contributed by atoms with E-state index in [4.69, 9.17) is 0 Å². The monoisotopic (exact) mass is 519 g/mol. The Morgan fingerprint density at radius 3 is 2.53 bits per heavy atom. The van der Waals surface area contributed by atoms with Gasteiger partial charge in [-0.15, -0.1) is 0 Å². The fourth-order valence-electron chi connectivity index (χ4n) is 4.31. The highest BCUT2D eigenvalue weighted by Crippen LogP contribution is 2.35. The fourth-order valence-corrected chi connectivity index (χ4v) is 4.31. The molecule has 3 N–H and O–H groups in total. The van der Waals surface area contributed by atoms with Gasteiger partial charge in [-0.25, -0.2) is 4.39 Å². The van der Waals surface area contributed by atoms with Crippen LogP contribution in [-0.2, 0) is 23.1 Å². The van der Waals surface area contributed by atoms with Gasteiger partial charge >= 0.3 is 0 Å². The Bertz CT molecular complexity index is 1480. The zero-order chi connectivity index (χ0) is 27.6. The number of pyridine rings is 1. The molecule has 10 heteroatoms. The maximum atomic E-state index is 14.7. The molecule has 4 rings (SSSR count). The number of nitrogens with zero attached hydrogens (tertiary/aromatic N) is 2. The van der Waals surface area contributed by atoms with Crippen molar-refractivity contribution >= 4 is 41.1 Å². The first-order valence-corrected chi connectivity index (χ1v) is 12.3. The number of benzene rings is 2. The molecule has 0 unspecified atom stereocenters. The van der Waals surface area contributed by atoms with E-state index in [0.717, 1.165) is 12.8 Å². The van der Waals surface area contributed by atoms with Gasteiger partial charge in [0, 0.05) is 31.4 Å². The Kier molecular flexibility index (Phi) is 7.61. The lowest BCUT2D eigenvalue weighted by atomic mass is 10.0. The van der Waals surface area contributed by atoms with E-state index in [9.17, 15) is 23.6 Å². The normalized spacial score (nSPS) is 12.6. The van der Waals surface area contributed by atoms with E-state index in [2.05, 4.69) is 16.0 Å². The van der Waals surface area contributed by atoms with Gasteiger partial charge in [-0.1, -0.05) is 18.2 Å². The van der Waals surface area contributed by atoms with E-state index in [-0.39, 0.29) is 46.7 Å². The molecule has 0 bridgehead atoms. The fraction of sp³-hybridized carbons (Fsp3) is 0.286. The predicted molar refractivity (Wildman–Crippen MR) is 144 cm³/mol. The Hall–Kier alpha value is -4.47. The molecular weight excluding hydrogens is 489 g/mol. The van der Waals surface area contributed by atoms with Crippen molar-refractivity contribution in [3.05, 3.63) is 80.9 Å². The number of nitrogens with one attached hydrogen (secondary N) is 3. The van der Waals surface area contributed by atoms with Crippen molar-refractivity contribution in [2.24, 2.45) is 7.05 Å². The highest BCUT2D eigenvalue weighted by atomic mass is 19.1. The Labute approximate surface area is 219 Å². The van der Waals surface area contributed by atoms with E-state index in [1.54, 1.807) is 37.3 Å². The molecule has 2 aromatic carbocycles. The van der Waals surface area contributed by atoms with Crippen molar-refractivity contribution in [1.82, 2.24) is 15.2 Å². The third-order valence-corrected chi connectivity index (χ3v) is 6.46. The van der Waals surface area contributed by atoms with Crippen molar-refractivity contribution < 1.29 is 18.8 Å². The molecule has 0 radical (unpaired) electrons. The van der Waals surface area contributed by atoms with Gasteiger partial charge < -0.3 is 16.0 Å². The summed E-state index contributed by atoms with van der Waals surface area (Å²) in [5, 5.41) is 8.37. The molecule has 1 fully saturated rings. The van der Waals surface area contributed by atoms with Crippen molar-refractivity contribution in [1.29, 1.82) is 0 Å². The van der Waals surface area contributed by atoms with E-state index < -0.39 is 17.3 Å². The summed E-state index contributed by atoms with van der Waals surface area (Å²) < 4.78 is 15.9. The average molecular weight is 520 g/mol. The van der Waals surface area contributed by atoms with Crippen molar-refractivity contribution in [3.63, 3.8) is 0 Å². The van der Waals surface area contributed by atoms with Crippen LogP contribution in [0.1, 0.15) is 39.9 Å². The lowest BCUT2D eigenvalue weighted by Gasteiger charge is -2.26. The summed E-state index contributed by atoms with van der Waals surface area (Å²) in [4.78, 5) is 52.5. The lowest BCUT2D eigenvalue weighted by Crippen LogP contribution is -2.33. The number of carbonyl (C=O) groups is 3. The minimum absolute atomic E-state index is 0.0175. The maximum Gasteiger partial charge on any atom is 0.256 e. The van der Waals surface area contributed by atoms with Gasteiger partial charge in [-0.2, -0.15) is 0 Å². The van der Waals surface area contributed by atoms with Gasteiger partial charge in [0.15, 0.2) is 0 Å².